The van der Waals surface area contributed by atoms with Crippen molar-refractivity contribution in [2.24, 2.45) is 0 Å². The molecule has 0 aliphatic heterocycles. The van der Waals surface area contributed by atoms with E-state index >= 15 is 0 Å². The van der Waals surface area contributed by atoms with Gasteiger partial charge in [0, 0.05) is 10.7 Å². The molecule has 17 heavy (non-hydrogen) atoms. The lowest BCUT2D eigenvalue weighted by Crippen LogP contribution is -2.05. The molecule has 0 fully saturated rings. The first-order chi connectivity index (χ1) is 7.81. The minimum Gasteiger partial charge on any atom is -0.493 e. The fourth-order valence-corrected chi connectivity index (χ4v) is 2.13. The topological polar surface area (TPSA) is 80.0 Å². The maximum atomic E-state index is 12.6. The van der Waals surface area contributed by atoms with Crippen LogP contribution in [0.15, 0.2) is 11.0 Å². The number of nitrogens with zero attached hydrogens (tertiary/aromatic N) is 2. The standard InChI is InChI=1S/C8H5ClF2N2O3S/c1-16-7-5(17(9,14)15)2-4(3-12)13-6(7)8(10)11/h2,8H,1H3. The number of alkyl halides is 2. The number of aromatic nitrogens is 1. The highest BCUT2D eigenvalue weighted by Crippen LogP contribution is 2.35. The number of nitriles is 1. The van der Waals surface area contributed by atoms with Crippen molar-refractivity contribution in [3.05, 3.63) is 17.5 Å². The molecule has 0 bridgehead atoms. The number of ether oxygens (including phenoxy) is 1. The summed E-state index contributed by atoms with van der Waals surface area (Å²) in [4.78, 5) is 2.57. The number of halogens is 3. The second-order valence-electron chi connectivity index (χ2n) is 2.77. The highest BCUT2D eigenvalue weighted by molar-refractivity contribution is 8.13. The van der Waals surface area contributed by atoms with Crippen molar-refractivity contribution in [1.29, 1.82) is 5.26 Å². The van der Waals surface area contributed by atoms with Crippen LogP contribution in [0.25, 0.3) is 0 Å². The van der Waals surface area contributed by atoms with Crippen LogP contribution in [0.1, 0.15) is 17.8 Å². The zero-order valence-corrected chi connectivity index (χ0v) is 9.89. The van der Waals surface area contributed by atoms with Crippen molar-refractivity contribution < 1.29 is 21.9 Å². The van der Waals surface area contributed by atoms with E-state index in [9.17, 15) is 17.2 Å². The van der Waals surface area contributed by atoms with E-state index in [1.54, 1.807) is 0 Å². The smallest absolute Gasteiger partial charge is 0.284 e. The zero-order valence-electron chi connectivity index (χ0n) is 8.32. The quantitative estimate of drug-likeness (QED) is 0.790. The molecule has 92 valence electrons. The maximum Gasteiger partial charge on any atom is 0.284 e. The Bertz CT molecular complexity index is 583. The molecule has 0 spiro atoms. The Kier molecular flexibility index (Phi) is 3.85. The third kappa shape index (κ3) is 2.81. The molecule has 1 heterocycles. The summed E-state index contributed by atoms with van der Waals surface area (Å²) in [5, 5.41) is 8.56. The number of pyridine rings is 1. The van der Waals surface area contributed by atoms with Crippen LogP contribution in [-0.2, 0) is 9.05 Å². The van der Waals surface area contributed by atoms with Crippen LogP contribution >= 0.6 is 10.7 Å². The molecular weight excluding hydrogens is 278 g/mol. The van der Waals surface area contributed by atoms with E-state index < -0.39 is 37.5 Å². The molecule has 0 radical (unpaired) electrons. The lowest BCUT2D eigenvalue weighted by molar-refractivity contribution is 0.140. The maximum absolute atomic E-state index is 12.6. The molecule has 0 unspecified atom stereocenters. The molecule has 0 aliphatic carbocycles. The van der Waals surface area contributed by atoms with Gasteiger partial charge in [0.05, 0.1) is 7.11 Å². The Labute approximate surface area is 100 Å². The van der Waals surface area contributed by atoms with Crippen LogP contribution in [0.3, 0.4) is 0 Å². The van der Waals surface area contributed by atoms with Gasteiger partial charge in [0.25, 0.3) is 15.5 Å². The van der Waals surface area contributed by atoms with Gasteiger partial charge in [0.15, 0.2) is 11.4 Å². The fourth-order valence-electron chi connectivity index (χ4n) is 1.12. The van der Waals surface area contributed by atoms with Crippen molar-refractivity contribution in [1.82, 2.24) is 4.98 Å². The first-order valence-corrected chi connectivity index (χ1v) is 6.34. The largest absolute Gasteiger partial charge is 0.493 e. The third-order valence-corrected chi connectivity index (χ3v) is 3.08. The van der Waals surface area contributed by atoms with E-state index in [1.807, 2.05) is 0 Å². The lowest BCUT2D eigenvalue weighted by atomic mass is 10.3. The number of rotatable bonds is 3. The van der Waals surface area contributed by atoms with Gasteiger partial charge in [0.1, 0.15) is 16.7 Å². The summed E-state index contributed by atoms with van der Waals surface area (Å²) in [7, 11) is 1.75. The molecular formula is C8H5ClF2N2O3S. The molecule has 0 N–H and O–H groups in total. The first-order valence-electron chi connectivity index (χ1n) is 4.03. The van der Waals surface area contributed by atoms with E-state index in [0.29, 0.717) is 0 Å². The molecule has 1 aromatic rings. The summed E-state index contributed by atoms with van der Waals surface area (Å²) in [6.07, 6.45) is -3.09. The predicted octanol–water partition coefficient (Wildman–Crippen LogP) is 1.83. The molecule has 9 heteroatoms. The Morgan fingerprint density at radius 3 is 2.53 bits per heavy atom. The minimum absolute atomic E-state index is 0.486. The second-order valence-corrected chi connectivity index (χ2v) is 5.31. The second kappa shape index (κ2) is 4.81. The third-order valence-electron chi connectivity index (χ3n) is 1.75. The van der Waals surface area contributed by atoms with Crippen molar-refractivity contribution in [2.45, 2.75) is 11.3 Å². The normalized spacial score (nSPS) is 11.3. The fraction of sp³-hybridized carbons (Fsp3) is 0.250. The van der Waals surface area contributed by atoms with Crippen LogP contribution in [0.2, 0.25) is 0 Å². The molecule has 0 amide bonds. The average Bonchev–Trinajstić information content (AvgIpc) is 2.25. The molecule has 5 nitrogen and oxygen atoms in total. The van der Waals surface area contributed by atoms with Crippen LogP contribution < -0.4 is 4.74 Å². The van der Waals surface area contributed by atoms with Crippen molar-refractivity contribution in [3.63, 3.8) is 0 Å². The number of hydrogen-bond acceptors (Lipinski definition) is 5. The van der Waals surface area contributed by atoms with Gasteiger partial charge in [-0.15, -0.1) is 0 Å². The highest BCUT2D eigenvalue weighted by atomic mass is 35.7. The summed E-state index contributed by atoms with van der Waals surface area (Å²) < 4.78 is 52.1. The molecule has 0 aliphatic rings. The number of hydrogen-bond donors (Lipinski definition) is 0. The minimum atomic E-state index is -4.31. The van der Waals surface area contributed by atoms with Crippen molar-refractivity contribution >= 4 is 19.7 Å². The summed E-state index contributed by atoms with van der Waals surface area (Å²) in [5.41, 5.74) is -1.42. The lowest BCUT2D eigenvalue weighted by Gasteiger charge is -2.10. The van der Waals surface area contributed by atoms with Gasteiger partial charge in [-0.2, -0.15) is 5.26 Å². The van der Waals surface area contributed by atoms with Gasteiger partial charge in [-0.25, -0.2) is 22.2 Å². The number of methoxy groups -OCH3 is 1. The summed E-state index contributed by atoms with van der Waals surface area (Å²) in [6.45, 7) is 0. The molecule has 0 atom stereocenters. The zero-order chi connectivity index (χ0) is 13.2. The van der Waals surface area contributed by atoms with E-state index in [2.05, 4.69) is 9.72 Å². The Morgan fingerprint density at radius 1 is 1.59 bits per heavy atom. The average molecular weight is 283 g/mol. The molecule has 0 aromatic carbocycles. The van der Waals surface area contributed by atoms with Gasteiger partial charge in [0.2, 0.25) is 0 Å². The molecule has 0 saturated carbocycles. The van der Waals surface area contributed by atoms with Crippen molar-refractivity contribution in [2.75, 3.05) is 7.11 Å². The Balaban J connectivity index is 3.70. The summed E-state index contributed by atoms with van der Waals surface area (Å²) in [6, 6.07) is 2.23. The Morgan fingerprint density at radius 2 is 2.18 bits per heavy atom. The molecule has 0 saturated heterocycles. The highest BCUT2D eigenvalue weighted by Gasteiger charge is 2.26. The summed E-state index contributed by atoms with van der Waals surface area (Å²) in [5.74, 6) is -0.658. The van der Waals surface area contributed by atoms with Gasteiger partial charge in [-0.3, -0.25) is 0 Å². The monoisotopic (exact) mass is 282 g/mol. The van der Waals surface area contributed by atoms with Gasteiger partial charge in [-0.1, -0.05) is 0 Å². The SMILES string of the molecule is COc1c(S(=O)(=O)Cl)cc(C#N)nc1C(F)F. The van der Waals surface area contributed by atoms with Gasteiger partial charge < -0.3 is 4.74 Å². The first kappa shape index (κ1) is 13.6. The van der Waals surface area contributed by atoms with E-state index in [-0.39, 0.29) is 0 Å². The van der Waals surface area contributed by atoms with E-state index in [1.165, 1.54) is 6.07 Å². The summed E-state index contributed by atoms with van der Waals surface area (Å²) >= 11 is 0. The predicted molar refractivity (Wildman–Crippen MR) is 53.5 cm³/mol. The Hall–Kier alpha value is -1.46. The van der Waals surface area contributed by atoms with Crippen molar-refractivity contribution in [3.8, 4) is 11.8 Å². The van der Waals surface area contributed by atoms with Crippen LogP contribution in [0.5, 0.6) is 5.75 Å². The van der Waals surface area contributed by atoms with Gasteiger partial charge in [-0.05, 0) is 6.07 Å². The molecule has 1 aromatic heterocycles. The van der Waals surface area contributed by atoms with Crippen LogP contribution in [0.4, 0.5) is 8.78 Å². The van der Waals surface area contributed by atoms with E-state index in [0.717, 1.165) is 13.2 Å². The van der Waals surface area contributed by atoms with Crippen LogP contribution in [-0.4, -0.2) is 20.5 Å². The van der Waals surface area contributed by atoms with Crippen LogP contribution in [0, 0.1) is 11.3 Å². The molecule has 1 rings (SSSR count). The van der Waals surface area contributed by atoms with Gasteiger partial charge >= 0.3 is 0 Å². The van der Waals surface area contributed by atoms with E-state index in [4.69, 9.17) is 15.9 Å².